The van der Waals surface area contributed by atoms with Gasteiger partial charge in [-0.25, -0.2) is 4.98 Å². The Kier molecular flexibility index (Phi) is 3.57. The molecule has 0 radical (unpaired) electrons. The van der Waals surface area contributed by atoms with Gasteiger partial charge >= 0.3 is 0 Å². The lowest BCUT2D eigenvalue weighted by atomic mass is 10.2. The lowest BCUT2D eigenvalue weighted by Crippen LogP contribution is -2.06. The van der Waals surface area contributed by atoms with Crippen LogP contribution in [0.1, 0.15) is 25.7 Å². The number of nitrogens with zero attached hydrogens (tertiary/aromatic N) is 2. The number of methoxy groups -OCH3 is 1. The van der Waals surface area contributed by atoms with Crippen LogP contribution in [0.5, 0.6) is 5.75 Å². The number of para-hydroxylation sites is 1. The van der Waals surface area contributed by atoms with Crippen LogP contribution in [0, 0.1) is 0 Å². The number of alkyl halides is 1. The molecule has 1 heterocycles. The zero-order valence-corrected chi connectivity index (χ0v) is 11.2. The van der Waals surface area contributed by atoms with Crippen molar-refractivity contribution in [1.29, 1.82) is 0 Å². The van der Waals surface area contributed by atoms with Crippen LogP contribution >= 0.6 is 11.6 Å². The summed E-state index contributed by atoms with van der Waals surface area (Å²) in [5.41, 5.74) is 2.03. The monoisotopic (exact) mass is 252 g/mol. The number of imidazole rings is 1. The van der Waals surface area contributed by atoms with Gasteiger partial charge in [-0.1, -0.05) is 6.07 Å². The maximum Gasteiger partial charge on any atom is 0.146 e. The summed E-state index contributed by atoms with van der Waals surface area (Å²) in [5, 5.41) is 0. The highest BCUT2D eigenvalue weighted by molar-refractivity contribution is 6.17. The number of rotatable bonds is 4. The van der Waals surface area contributed by atoms with Crippen molar-refractivity contribution in [3.8, 4) is 5.75 Å². The standard InChI is InChI=1S/C13H17ClN2O/c1-9(2)16-10-5-4-6-11(17-3)13(10)15-12(16)7-8-14/h4-6,9H,7-8H2,1-3H3. The minimum atomic E-state index is 0.366. The highest BCUT2D eigenvalue weighted by Gasteiger charge is 2.15. The second-order valence-corrected chi connectivity index (χ2v) is 4.64. The third-order valence-corrected chi connectivity index (χ3v) is 3.00. The molecule has 0 spiro atoms. The molecule has 0 fully saturated rings. The fourth-order valence-electron chi connectivity index (χ4n) is 2.14. The molecule has 2 aromatic rings. The summed E-state index contributed by atoms with van der Waals surface area (Å²) in [6.07, 6.45) is 0.775. The van der Waals surface area contributed by atoms with Gasteiger partial charge in [-0.15, -0.1) is 11.6 Å². The van der Waals surface area contributed by atoms with Crippen molar-refractivity contribution in [2.24, 2.45) is 0 Å². The first kappa shape index (κ1) is 12.2. The smallest absolute Gasteiger partial charge is 0.146 e. The first-order valence-electron chi connectivity index (χ1n) is 5.78. The summed E-state index contributed by atoms with van der Waals surface area (Å²) < 4.78 is 7.57. The predicted octanol–water partition coefficient (Wildman–Crippen LogP) is 3.41. The molecule has 0 amide bonds. The molecule has 3 nitrogen and oxygen atoms in total. The molecule has 0 aliphatic rings. The van der Waals surface area contributed by atoms with Crippen molar-refractivity contribution in [3.05, 3.63) is 24.0 Å². The van der Waals surface area contributed by atoms with E-state index in [0.717, 1.165) is 29.0 Å². The Morgan fingerprint density at radius 3 is 2.76 bits per heavy atom. The molecule has 1 aromatic heterocycles. The van der Waals surface area contributed by atoms with Crippen molar-refractivity contribution in [3.63, 3.8) is 0 Å². The van der Waals surface area contributed by atoms with Gasteiger partial charge in [0, 0.05) is 18.3 Å². The number of aromatic nitrogens is 2. The van der Waals surface area contributed by atoms with Crippen LogP contribution in [0.3, 0.4) is 0 Å². The summed E-state index contributed by atoms with van der Waals surface area (Å²) in [6.45, 7) is 4.30. The van der Waals surface area contributed by atoms with Crippen LogP contribution in [-0.4, -0.2) is 22.5 Å². The lowest BCUT2D eigenvalue weighted by molar-refractivity contribution is 0.419. The maximum atomic E-state index is 5.83. The Labute approximate surface area is 106 Å². The summed E-state index contributed by atoms with van der Waals surface area (Å²) in [4.78, 5) is 4.65. The fourth-order valence-corrected chi connectivity index (χ4v) is 2.31. The van der Waals surface area contributed by atoms with Crippen LogP contribution in [-0.2, 0) is 6.42 Å². The van der Waals surface area contributed by atoms with E-state index in [0.29, 0.717) is 11.9 Å². The van der Waals surface area contributed by atoms with Gasteiger partial charge in [-0.05, 0) is 26.0 Å². The van der Waals surface area contributed by atoms with E-state index < -0.39 is 0 Å². The first-order valence-corrected chi connectivity index (χ1v) is 6.32. The number of fused-ring (bicyclic) bond motifs is 1. The molecule has 0 aliphatic carbocycles. The first-order chi connectivity index (χ1) is 8.19. The highest BCUT2D eigenvalue weighted by Crippen LogP contribution is 2.28. The van der Waals surface area contributed by atoms with Gasteiger partial charge in [0.05, 0.1) is 12.6 Å². The quantitative estimate of drug-likeness (QED) is 0.780. The molecule has 92 valence electrons. The number of hydrogen-bond acceptors (Lipinski definition) is 2. The zero-order valence-electron chi connectivity index (χ0n) is 10.4. The summed E-state index contributed by atoms with van der Waals surface area (Å²) in [5.74, 6) is 2.42. The Morgan fingerprint density at radius 2 is 2.18 bits per heavy atom. The van der Waals surface area contributed by atoms with Gasteiger partial charge in [0.15, 0.2) is 0 Å². The molecular weight excluding hydrogens is 236 g/mol. The number of benzene rings is 1. The minimum Gasteiger partial charge on any atom is -0.494 e. The molecule has 17 heavy (non-hydrogen) atoms. The van der Waals surface area contributed by atoms with E-state index in [1.165, 1.54) is 0 Å². The van der Waals surface area contributed by atoms with Crippen molar-refractivity contribution in [2.75, 3.05) is 13.0 Å². The summed E-state index contributed by atoms with van der Waals surface area (Å²) in [6, 6.07) is 6.37. The molecule has 1 aromatic carbocycles. The van der Waals surface area contributed by atoms with Crippen molar-refractivity contribution >= 4 is 22.6 Å². The minimum absolute atomic E-state index is 0.366. The molecule has 0 N–H and O–H groups in total. The van der Waals surface area contributed by atoms with Gasteiger partial charge in [-0.2, -0.15) is 0 Å². The Bertz CT molecular complexity index is 519. The van der Waals surface area contributed by atoms with Gasteiger partial charge < -0.3 is 9.30 Å². The molecule has 0 saturated carbocycles. The van der Waals surface area contributed by atoms with Gasteiger partial charge in [0.25, 0.3) is 0 Å². The van der Waals surface area contributed by atoms with E-state index in [1.807, 2.05) is 12.1 Å². The molecule has 0 aliphatic heterocycles. The molecule has 0 unspecified atom stereocenters. The predicted molar refractivity (Wildman–Crippen MR) is 71.1 cm³/mol. The number of halogens is 1. The van der Waals surface area contributed by atoms with Gasteiger partial charge in [-0.3, -0.25) is 0 Å². The zero-order chi connectivity index (χ0) is 12.4. The average molecular weight is 253 g/mol. The van der Waals surface area contributed by atoms with Crippen LogP contribution in [0.15, 0.2) is 18.2 Å². The van der Waals surface area contributed by atoms with Crippen molar-refractivity contribution < 1.29 is 4.74 Å². The normalized spacial score (nSPS) is 11.4. The Morgan fingerprint density at radius 1 is 1.41 bits per heavy atom. The third-order valence-electron chi connectivity index (χ3n) is 2.81. The molecule has 2 rings (SSSR count). The molecule has 0 saturated heterocycles. The average Bonchev–Trinajstić information content (AvgIpc) is 2.67. The van der Waals surface area contributed by atoms with Gasteiger partial charge in [0.2, 0.25) is 0 Å². The van der Waals surface area contributed by atoms with E-state index in [9.17, 15) is 0 Å². The van der Waals surface area contributed by atoms with Crippen LogP contribution in [0.4, 0.5) is 0 Å². The second-order valence-electron chi connectivity index (χ2n) is 4.26. The van der Waals surface area contributed by atoms with Crippen LogP contribution in [0.25, 0.3) is 11.0 Å². The largest absolute Gasteiger partial charge is 0.494 e. The summed E-state index contributed by atoms with van der Waals surface area (Å²) >= 11 is 5.83. The third kappa shape index (κ3) is 2.12. The van der Waals surface area contributed by atoms with E-state index in [4.69, 9.17) is 16.3 Å². The number of hydrogen-bond donors (Lipinski definition) is 0. The molecule has 0 atom stereocenters. The van der Waals surface area contributed by atoms with Crippen LogP contribution in [0.2, 0.25) is 0 Å². The number of ether oxygens (including phenoxy) is 1. The van der Waals surface area contributed by atoms with E-state index in [1.54, 1.807) is 7.11 Å². The molecule has 4 heteroatoms. The Hall–Kier alpha value is -1.22. The molecule has 0 bridgehead atoms. The lowest BCUT2D eigenvalue weighted by Gasteiger charge is -2.12. The van der Waals surface area contributed by atoms with E-state index >= 15 is 0 Å². The van der Waals surface area contributed by atoms with E-state index in [-0.39, 0.29) is 0 Å². The van der Waals surface area contributed by atoms with Gasteiger partial charge in [0.1, 0.15) is 17.1 Å². The molecular formula is C13H17ClN2O. The highest BCUT2D eigenvalue weighted by atomic mass is 35.5. The SMILES string of the molecule is COc1cccc2c1nc(CCCl)n2C(C)C. The summed E-state index contributed by atoms with van der Waals surface area (Å²) in [7, 11) is 1.67. The van der Waals surface area contributed by atoms with E-state index in [2.05, 4.69) is 29.5 Å². The number of aryl methyl sites for hydroxylation is 1. The maximum absolute atomic E-state index is 5.83. The fraction of sp³-hybridized carbons (Fsp3) is 0.462. The van der Waals surface area contributed by atoms with Crippen LogP contribution < -0.4 is 4.74 Å². The topological polar surface area (TPSA) is 27.1 Å². The van der Waals surface area contributed by atoms with Crippen molar-refractivity contribution in [2.45, 2.75) is 26.3 Å². The van der Waals surface area contributed by atoms with Crippen molar-refractivity contribution in [1.82, 2.24) is 9.55 Å². The Balaban J connectivity index is 2.69. The second kappa shape index (κ2) is 4.96.